The standard InChI is InChI=1S/C42H80O4/c1-3-5-7-9-11-13-23-27-31-35-39-45-41(43)37-33-29-25-21-19-17-15-16-18-20-22-26-30-34-38-42(44)46-40-36-32-28-24-14-12-10-8-6-4-2/h15-16H,3-14,17-40H2,1-2H3/b16-15+. The summed E-state index contributed by atoms with van der Waals surface area (Å²) in [6, 6.07) is 0. The number of unbranched alkanes of at least 4 members (excludes halogenated alkanes) is 28. The van der Waals surface area contributed by atoms with Gasteiger partial charge in [0.25, 0.3) is 0 Å². The highest BCUT2D eigenvalue weighted by Crippen LogP contribution is 2.14. The Bertz CT molecular complexity index is 590. The molecule has 4 heteroatoms. The highest BCUT2D eigenvalue weighted by Gasteiger charge is 2.04. The molecule has 0 aliphatic heterocycles. The summed E-state index contributed by atoms with van der Waals surface area (Å²) in [5.74, 6) is -0.00708. The number of carbonyl (C=O) groups is 2. The molecule has 0 aromatic carbocycles. The first kappa shape index (κ1) is 44.7. The lowest BCUT2D eigenvalue weighted by Gasteiger charge is -2.05. The van der Waals surface area contributed by atoms with E-state index in [2.05, 4.69) is 26.0 Å². The fourth-order valence-corrected chi connectivity index (χ4v) is 6.05. The molecule has 272 valence electrons. The minimum atomic E-state index is -0.00354. The van der Waals surface area contributed by atoms with Crippen molar-refractivity contribution in [3.8, 4) is 0 Å². The van der Waals surface area contributed by atoms with Gasteiger partial charge in [-0.25, -0.2) is 0 Å². The Morgan fingerprint density at radius 1 is 0.348 bits per heavy atom. The molecule has 0 spiro atoms. The zero-order valence-electron chi connectivity index (χ0n) is 31.2. The van der Waals surface area contributed by atoms with Crippen molar-refractivity contribution in [2.75, 3.05) is 13.2 Å². The van der Waals surface area contributed by atoms with Gasteiger partial charge >= 0.3 is 11.9 Å². The highest BCUT2D eigenvalue weighted by molar-refractivity contribution is 5.69. The smallest absolute Gasteiger partial charge is 0.305 e. The molecule has 4 nitrogen and oxygen atoms in total. The Labute approximate surface area is 288 Å². The van der Waals surface area contributed by atoms with Gasteiger partial charge in [-0.2, -0.15) is 0 Å². The summed E-state index contributed by atoms with van der Waals surface area (Å²) in [5.41, 5.74) is 0. The molecule has 0 aromatic rings. The minimum absolute atomic E-state index is 0.00354. The molecule has 0 unspecified atom stereocenters. The van der Waals surface area contributed by atoms with Crippen LogP contribution in [-0.2, 0) is 19.1 Å². The average Bonchev–Trinajstić information content (AvgIpc) is 3.05. The number of allylic oxidation sites excluding steroid dienone is 2. The van der Waals surface area contributed by atoms with Crippen molar-refractivity contribution < 1.29 is 19.1 Å². The Balaban J connectivity index is 3.26. The number of rotatable bonds is 38. The van der Waals surface area contributed by atoms with E-state index in [1.54, 1.807) is 0 Å². The SMILES string of the molecule is CCCCCCCCCCCCOC(=O)CCCCCCC/C=C/CCCCCCCC(=O)OCCCCCCCCCCCC. The summed E-state index contributed by atoms with van der Waals surface area (Å²) < 4.78 is 10.8. The van der Waals surface area contributed by atoms with Crippen molar-refractivity contribution in [3.05, 3.63) is 12.2 Å². The molecule has 0 heterocycles. The van der Waals surface area contributed by atoms with Gasteiger partial charge in [0.2, 0.25) is 0 Å². The highest BCUT2D eigenvalue weighted by atomic mass is 16.5. The number of carbonyl (C=O) groups excluding carboxylic acids is 2. The van der Waals surface area contributed by atoms with E-state index < -0.39 is 0 Å². The minimum Gasteiger partial charge on any atom is -0.466 e. The maximum absolute atomic E-state index is 11.9. The second-order valence-electron chi connectivity index (χ2n) is 13.9. The molecule has 46 heavy (non-hydrogen) atoms. The number of ether oxygens (including phenoxy) is 2. The number of hydrogen-bond donors (Lipinski definition) is 0. The summed E-state index contributed by atoms with van der Waals surface area (Å²) in [7, 11) is 0. The molecule has 0 N–H and O–H groups in total. The first-order chi connectivity index (χ1) is 22.7. The zero-order chi connectivity index (χ0) is 33.4. The summed E-state index contributed by atoms with van der Waals surface area (Å²) in [4.78, 5) is 23.8. The van der Waals surface area contributed by atoms with Crippen LogP contribution in [-0.4, -0.2) is 25.2 Å². The topological polar surface area (TPSA) is 52.6 Å². The van der Waals surface area contributed by atoms with E-state index in [-0.39, 0.29) is 11.9 Å². The lowest BCUT2D eigenvalue weighted by Crippen LogP contribution is -2.05. The Kier molecular flexibility index (Phi) is 38.7. The Morgan fingerprint density at radius 3 is 0.935 bits per heavy atom. The number of esters is 2. The van der Waals surface area contributed by atoms with E-state index in [1.165, 1.54) is 167 Å². The van der Waals surface area contributed by atoms with Crippen LogP contribution in [0.15, 0.2) is 12.2 Å². The van der Waals surface area contributed by atoms with Crippen LogP contribution >= 0.6 is 0 Å². The van der Waals surface area contributed by atoms with Crippen LogP contribution in [0.4, 0.5) is 0 Å². The van der Waals surface area contributed by atoms with Gasteiger partial charge in [0, 0.05) is 12.8 Å². The molecule has 0 bridgehead atoms. The van der Waals surface area contributed by atoms with Gasteiger partial charge in [0.15, 0.2) is 0 Å². The fourth-order valence-electron chi connectivity index (χ4n) is 6.05. The van der Waals surface area contributed by atoms with E-state index in [9.17, 15) is 9.59 Å². The second kappa shape index (κ2) is 39.9. The molecule has 0 aliphatic rings. The molecule has 0 saturated heterocycles. The van der Waals surface area contributed by atoms with E-state index >= 15 is 0 Å². The molecular formula is C42H80O4. The van der Waals surface area contributed by atoms with Crippen LogP contribution in [0.1, 0.15) is 232 Å². The monoisotopic (exact) mass is 649 g/mol. The largest absolute Gasteiger partial charge is 0.466 e. The first-order valence-corrected chi connectivity index (χ1v) is 20.7. The Morgan fingerprint density at radius 2 is 0.609 bits per heavy atom. The van der Waals surface area contributed by atoms with Crippen LogP contribution in [0.3, 0.4) is 0 Å². The number of hydrogen-bond acceptors (Lipinski definition) is 4. The van der Waals surface area contributed by atoms with E-state index in [4.69, 9.17) is 9.47 Å². The lowest BCUT2D eigenvalue weighted by atomic mass is 10.1. The lowest BCUT2D eigenvalue weighted by molar-refractivity contribution is -0.144. The quantitative estimate of drug-likeness (QED) is 0.0380. The van der Waals surface area contributed by atoms with Gasteiger partial charge in [-0.1, -0.05) is 180 Å². The summed E-state index contributed by atoms with van der Waals surface area (Å²) in [6.07, 6.45) is 45.9. The molecule has 0 atom stereocenters. The molecule has 0 saturated carbocycles. The van der Waals surface area contributed by atoms with Gasteiger partial charge in [-0.3, -0.25) is 9.59 Å². The zero-order valence-corrected chi connectivity index (χ0v) is 31.2. The molecule has 0 amide bonds. The van der Waals surface area contributed by atoms with Gasteiger partial charge in [-0.15, -0.1) is 0 Å². The molecule has 0 radical (unpaired) electrons. The summed E-state index contributed by atoms with van der Waals surface area (Å²) in [5, 5.41) is 0. The van der Waals surface area contributed by atoms with Gasteiger partial charge in [0.05, 0.1) is 13.2 Å². The van der Waals surface area contributed by atoms with Crippen molar-refractivity contribution in [1.82, 2.24) is 0 Å². The maximum atomic E-state index is 11.9. The predicted molar refractivity (Wildman–Crippen MR) is 199 cm³/mol. The molecule has 0 fully saturated rings. The summed E-state index contributed by atoms with van der Waals surface area (Å²) in [6.45, 7) is 5.75. The molecular weight excluding hydrogens is 568 g/mol. The van der Waals surface area contributed by atoms with Gasteiger partial charge in [0.1, 0.15) is 0 Å². The van der Waals surface area contributed by atoms with Crippen molar-refractivity contribution >= 4 is 11.9 Å². The molecule has 0 aromatic heterocycles. The third kappa shape index (κ3) is 38.9. The second-order valence-corrected chi connectivity index (χ2v) is 13.9. The third-order valence-corrected chi connectivity index (χ3v) is 9.19. The normalized spacial score (nSPS) is 11.4. The van der Waals surface area contributed by atoms with Crippen LogP contribution in [0.5, 0.6) is 0 Å². The Hall–Kier alpha value is -1.32. The predicted octanol–water partition coefficient (Wildman–Crippen LogP) is 13.9. The first-order valence-electron chi connectivity index (χ1n) is 20.7. The molecule has 0 rings (SSSR count). The van der Waals surface area contributed by atoms with Crippen LogP contribution in [0.2, 0.25) is 0 Å². The van der Waals surface area contributed by atoms with E-state index in [0.29, 0.717) is 26.1 Å². The van der Waals surface area contributed by atoms with Crippen LogP contribution in [0, 0.1) is 0 Å². The van der Waals surface area contributed by atoms with Crippen molar-refractivity contribution in [1.29, 1.82) is 0 Å². The van der Waals surface area contributed by atoms with E-state index in [1.807, 2.05) is 0 Å². The van der Waals surface area contributed by atoms with Crippen LogP contribution < -0.4 is 0 Å². The summed E-state index contributed by atoms with van der Waals surface area (Å²) >= 11 is 0. The maximum Gasteiger partial charge on any atom is 0.305 e. The van der Waals surface area contributed by atoms with Gasteiger partial charge in [-0.05, 0) is 51.4 Å². The van der Waals surface area contributed by atoms with Crippen LogP contribution in [0.25, 0.3) is 0 Å². The van der Waals surface area contributed by atoms with E-state index in [0.717, 1.165) is 38.5 Å². The van der Waals surface area contributed by atoms with Gasteiger partial charge < -0.3 is 9.47 Å². The van der Waals surface area contributed by atoms with Crippen molar-refractivity contribution in [3.63, 3.8) is 0 Å². The third-order valence-electron chi connectivity index (χ3n) is 9.19. The van der Waals surface area contributed by atoms with Crippen molar-refractivity contribution in [2.24, 2.45) is 0 Å². The fraction of sp³-hybridized carbons (Fsp3) is 0.905. The molecule has 0 aliphatic carbocycles. The average molecular weight is 649 g/mol. The van der Waals surface area contributed by atoms with Crippen molar-refractivity contribution in [2.45, 2.75) is 232 Å².